The predicted octanol–water partition coefficient (Wildman–Crippen LogP) is 5.85. The highest BCUT2D eigenvalue weighted by Gasteiger charge is 2.53. The van der Waals surface area contributed by atoms with Crippen LogP contribution in [-0.2, 0) is 27.5 Å². The van der Waals surface area contributed by atoms with Gasteiger partial charge in [0, 0.05) is 24.2 Å². The van der Waals surface area contributed by atoms with Gasteiger partial charge in [0.15, 0.2) is 0 Å². The van der Waals surface area contributed by atoms with Crippen LogP contribution in [0.4, 0.5) is 23.2 Å². The number of carbonyl (C=O) groups excluding carboxylic acids is 1. The van der Waals surface area contributed by atoms with Gasteiger partial charge in [-0.25, -0.2) is 12.8 Å². The quantitative estimate of drug-likeness (QED) is 0.307. The Labute approximate surface area is 253 Å². The summed E-state index contributed by atoms with van der Waals surface area (Å²) < 4.78 is 82.8. The Morgan fingerprint density at radius 2 is 1.64 bits per heavy atom. The molecule has 4 aliphatic rings. The van der Waals surface area contributed by atoms with Crippen LogP contribution >= 0.6 is 0 Å². The number of benzene rings is 3. The number of alkyl halides is 3. The zero-order chi connectivity index (χ0) is 31.3. The van der Waals surface area contributed by atoms with Crippen molar-refractivity contribution in [1.29, 1.82) is 0 Å². The molecule has 12 heteroatoms. The summed E-state index contributed by atoms with van der Waals surface area (Å²) in [5.74, 6) is 0.0400. The molecule has 1 heterocycles. The summed E-state index contributed by atoms with van der Waals surface area (Å²) in [4.78, 5) is 17.8. The second kappa shape index (κ2) is 11.3. The third kappa shape index (κ3) is 5.84. The Kier molecular flexibility index (Phi) is 7.77. The Morgan fingerprint density at radius 3 is 2.27 bits per heavy atom. The molecule has 0 saturated heterocycles. The van der Waals surface area contributed by atoms with Gasteiger partial charge in [0.05, 0.1) is 17.0 Å². The first kappa shape index (κ1) is 30.3. The molecule has 0 radical (unpaired) electrons. The smallest absolute Gasteiger partial charge is 0.358 e. The third-order valence-corrected chi connectivity index (χ3v) is 11.0. The SMILES string of the molecule is C[C@@]1(C(=O)Nc2ccccc2)CN=C(C2CC(N(Cc3ccc(C(F)(F)F)cc3)S(=O)(=O)c3ccc(F)cc3)C3CC2C3)N1. The number of carbonyl (C=O) groups is 1. The van der Waals surface area contributed by atoms with Crippen LogP contribution in [0.25, 0.3) is 0 Å². The lowest BCUT2D eigenvalue weighted by molar-refractivity contribution is -0.137. The van der Waals surface area contributed by atoms with Gasteiger partial charge in [-0.1, -0.05) is 30.3 Å². The van der Waals surface area contributed by atoms with Crippen molar-refractivity contribution in [3.05, 3.63) is 95.8 Å². The summed E-state index contributed by atoms with van der Waals surface area (Å²) >= 11 is 0. The lowest BCUT2D eigenvalue weighted by atomic mass is 9.57. The number of hydrogen-bond donors (Lipinski definition) is 2. The molecule has 2 unspecified atom stereocenters. The van der Waals surface area contributed by atoms with Gasteiger partial charge >= 0.3 is 6.18 Å². The maximum Gasteiger partial charge on any atom is 0.416 e. The summed E-state index contributed by atoms with van der Waals surface area (Å²) in [5, 5.41) is 6.26. The van der Waals surface area contributed by atoms with Gasteiger partial charge in [-0.15, -0.1) is 0 Å². The van der Waals surface area contributed by atoms with E-state index in [-0.39, 0.29) is 41.6 Å². The Bertz CT molecular complexity index is 1660. The largest absolute Gasteiger partial charge is 0.416 e. The van der Waals surface area contributed by atoms with Crippen LogP contribution in [0.3, 0.4) is 0 Å². The van der Waals surface area contributed by atoms with Crippen molar-refractivity contribution in [1.82, 2.24) is 9.62 Å². The van der Waals surface area contributed by atoms with Crippen LogP contribution in [0.1, 0.15) is 37.3 Å². The number of para-hydroxylation sites is 1. The number of hydrogen-bond acceptors (Lipinski definition) is 5. The van der Waals surface area contributed by atoms with Crippen molar-refractivity contribution in [2.75, 3.05) is 11.9 Å². The molecular weight excluding hydrogens is 596 g/mol. The molecule has 44 heavy (non-hydrogen) atoms. The highest BCUT2D eigenvalue weighted by Crippen LogP contribution is 2.52. The standard InChI is InChI=1S/C32H32F4N4O3S/c1-31(30(41)38-25-5-3-2-4-6-25)19-37-29(39-31)27-17-28(22-15-21(27)16-22)40(44(42,43)26-13-11-24(33)12-14-26)18-20-7-9-23(10-8-20)32(34,35)36/h2-14,21-22,27-28H,15-19H2,1H3,(H,37,39)(H,38,41)/t21?,22?,27?,28?,31-/m0/s1. The van der Waals surface area contributed by atoms with Gasteiger partial charge in [0.1, 0.15) is 17.2 Å². The van der Waals surface area contributed by atoms with Crippen molar-refractivity contribution < 1.29 is 30.8 Å². The fourth-order valence-electron chi connectivity index (χ4n) is 6.52. The minimum Gasteiger partial charge on any atom is -0.358 e. The Hall–Kier alpha value is -3.77. The minimum absolute atomic E-state index is 0.0516. The van der Waals surface area contributed by atoms with Crippen molar-refractivity contribution in [3.63, 3.8) is 0 Å². The molecular formula is C32H32F4N4O3S. The summed E-state index contributed by atoms with van der Waals surface area (Å²) in [6, 6.07) is 17.7. The van der Waals surface area contributed by atoms with Gasteiger partial charge in [0.2, 0.25) is 10.0 Å². The maximum absolute atomic E-state index is 14.1. The van der Waals surface area contributed by atoms with Crippen molar-refractivity contribution in [2.45, 2.75) is 55.4 Å². The number of amidine groups is 1. The molecule has 2 bridgehead atoms. The normalized spacial score (nSPS) is 26.5. The fourth-order valence-corrected chi connectivity index (χ4v) is 8.20. The van der Waals surface area contributed by atoms with Crippen LogP contribution in [-0.4, -0.2) is 42.6 Å². The number of anilines is 1. The van der Waals surface area contributed by atoms with Gasteiger partial charge < -0.3 is 10.6 Å². The van der Waals surface area contributed by atoms with Crippen LogP contribution < -0.4 is 10.6 Å². The predicted molar refractivity (Wildman–Crippen MR) is 158 cm³/mol. The molecule has 3 atom stereocenters. The van der Waals surface area contributed by atoms with Gasteiger partial charge in [-0.2, -0.15) is 17.5 Å². The van der Waals surface area contributed by atoms with E-state index in [0.717, 1.165) is 37.1 Å². The lowest BCUT2D eigenvalue weighted by Crippen LogP contribution is -2.59. The molecule has 1 amide bonds. The number of halogens is 4. The number of nitrogens with one attached hydrogen (secondary N) is 2. The highest BCUT2D eigenvalue weighted by atomic mass is 32.2. The van der Waals surface area contributed by atoms with E-state index in [9.17, 15) is 30.8 Å². The molecule has 3 aliphatic carbocycles. The van der Waals surface area contributed by atoms with Crippen LogP contribution in [0.2, 0.25) is 0 Å². The first-order valence-electron chi connectivity index (χ1n) is 14.5. The molecule has 2 N–H and O–H groups in total. The number of nitrogens with zero attached hydrogens (tertiary/aromatic N) is 2. The van der Waals surface area contributed by atoms with Gasteiger partial charge in [-0.3, -0.25) is 9.79 Å². The van der Waals surface area contributed by atoms with E-state index in [2.05, 4.69) is 10.6 Å². The topological polar surface area (TPSA) is 90.9 Å². The molecule has 0 spiro atoms. The molecule has 232 valence electrons. The van der Waals surface area contributed by atoms with E-state index in [1.165, 1.54) is 28.6 Å². The molecule has 3 aromatic carbocycles. The average molecular weight is 629 g/mol. The maximum atomic E-state index is 14.1. The molecule has 7 nitrogen and oxygen atoms in total. The monoisotopic (exact) mass is 628 g/mol. The molecule has 1 aliphatic heterocycles. The zero-order valence-corrected chi connectivity index (χ0v) is 24.7. The van der Waals surface area contributed by atoms with Crippen molar-refractivity contribution >= 4 is 27.5 Å². The second-order valence-electron chi connectivity index (χ2n) is 12.1. The molecule has 7 rings (SSSR count). The van der Waals surface area contributed by atoms with Crippen molar-refractivity contribution in [3.8, 4) is 0 Å². The third-order valence-electron chi connectivity index (χ3n) is 9.08. The van der Waals surface area contributed by atoms with Gasteiger partial charge in [0.25, 0.3) is 5.91 Å². The Balaban J connectivity index is 1.25. The summed E-state index contributed by atoms with van der Waals surface area (Å²) in [5.41, 5.74) is -0.735. The molecule has 3 saturated carbocycles. The van der Waals surface area contributed by atoms with Crippen LogP contribution in [0, 0.1) is 23.6 Å². The van der Waals surface area contributed by atoms with E-state index in [4.69, 9.17) is 4.99 Å². The fraction of sp³-hybridized carbons (Fsp3) is 0.375. The van der Waals surface area contributed by atoms with Crippen LogP contribution in [0.15, 0.2) is 88.8 Å². The summed E-state index contributed by atoms with van der Waals surface area (Å²) in [6.45, 7) is 1.86. The number of aliphatic imine (C=N–C) groups is 1. The zero-order valence-electron chi connectivity index (χ0n) is 23.9. The second-order valence-corrected chi connectivity index (χ2v) is 14.0. The first-order chi connectivity index (χ1) is 20.8. The van der Waals surface area contributed by atoms with E-state index in [0.29, 0.717) is 23.5 Å². The van der Waals surface area contributed by atoms with Crippen molar-refractivity contribution in [2.24, 2.45) is 22.7 Å². The number of rotatable bonds is 8. The van der Waals surface area contributed by atoms with E-state index in [1.807, 2.05) is 18.2 Å². The summed E-state index contributed by atoms with van der Waals surface area (Å²) in [6.07, 6.45) is -2.58. The molecule has 0 aromatic heterocycles. The Morgan fingerprint density at radius 1 is 0.977 bits per heavy atom. The van der Waals surface area contributed by atoms with Crippen LogP contribution in [0.5, 0.6) is 0 Å². The summed E-state index contributed by atoms with van der Waals surface area (Å²) in [7, 11) is -4.16. The lowest BCUT2D eigenvalue weighted by Gasteiger charge is -2.54. The average Bonchev–Trinajstić information content (AvgIpc) is 3.39. The number of fused-ring (bicyclic) bond motifs is 2. The van der Waals surface area contributed by atoms with E-state index < -0.39 is 39.2 Å². The minimum atomic E-state index is -4.52. The van der Waals surface area contributed by atoms with E-state index in [1.54, 1.807) is 19.1 Å². The molecule has 3 aromatic rings. The number of amides is 1. The van der Waals surface area contributed by atoms with E-state index >= 15 is 0 Å². The van der Waals surface area contributed by atoms with Gasteiger partial charge in [-0.05, 0) is 92.1 Å². The number of sulfonamides is 1. The highest BCUT2D eigenvalue weighted by molar-refractivity contribution is 7.89. The first-order valence-corrected chi connectivity index (χ1v) is 15.9. The molecule has 3 fully saturated rings.